The first kappa shape index (κ1) is 27.0. The summed E-state index contributed by atoms with van der Waals surface area (Å²) < 4.78 is 0. The molecule has 0 aliphatic rings. The van der Waals surface area contributed by atoms with Crippen molar-refractivity contribution in [3.63, 3.8) is 0 Å². The Morgan fingerprint density at radius 3 is 0.806 bits per heavy atom. The molecule has 0 radical (unpaired) electrons. The first-order valence-electron chi connectivity index (χ1n) is 10.6. The maximum absolute atomic E-state index is 10.2. The predicted octanol–water partition coefficient (Wildman–Crippen LogP) is 5.51. The number of oxime groups is 2. The maximum Gasteiger partial charge on any atom is 0.335 e. The van der Waals surface area contributed by atoms with Gasteiger partial charge in [0.2, 0.25) is 0 Å². The summed E-state index contributed by atoms with van der Waals surface area (Å²) in [5, 5.41) is 41.5. The molecule has 0 aliphatic carbocycles. The Bertz CT molecular complexity index is 1170. The van der Waals surface area contributed by atoms with E-state index >= 15 is 0 Å². The van der Waals surface area contributed by atoms with Crippen molar-refractivity contribution in [2.45, 2.75) is 0 Å². The van der Waals surface area contributed by atoms with E-state index in [1.165, 1.54) is 0 Å². The molecule has 0 spiro atoms. The number of rotatable bonds is 5. The Morgan fingerprint density at radius 1 is 0.417 bits per heavy atom. The van der Waals surface area contributed by atoms with Crippen LogP contribution in [0.5, 0.6) is 0 Å². The highest BCUT2D eigenvalue weighted by Gasteiger charge is 2.15. The number of carbonyl (C=O) groups is 2. The van der Waals surface area contributed by atoms with Crippen molar-refractivity contribution in [2.75, 3.05) is 0 Å². The van der Waals surface area contributed by atoms with Crippen LogP contribution in [0.25, 0.3) is 0 Å². The number of carboxylic acids is 2. The number of hydrogen-bond acceptors (Lipinski definition) is 6. The second-order valence-corrected chi connectivity index (χ2v) is 6.97. The Kier molecular flexibility index (Phi) is 11.1. The number of nitrogens with zero attached hydrogens (tertiary/aromatic N) is 2. The quantitative estimate of drug-likeness (QED) is 0.167. The van der Waals surface area contributed by atoms with E-state index in [-0.39, 0.29) is 11.4 Å². The summed E-state index contributed by atoms with van der Waals surface area (Å²) in [6, 6.07) is 34.7. The molecule has 8 nitrogen and oxygen atoms in total. The molecule has 182 valence electrons. The van der Waals surface area contributed by atoms with Crippen LogP contribution < -0.4 is 0 Å². The van der Waals surface area contributed by atoms with Gasteiger partial charge in [-0.3, -0.25) is 0 Å². The molecule has 0 aliphatic heterocycles. The van der Waals surface area contributed by atoms with E-state index in [4.69, 9.17) is 20.6 Å². The standard InChI is InChI=1S/C14H12N2O2.2C7H6O2/c17-15-13(11-7-3-1-4-8-11)14(16-18)12-9-5-2-6-10-12;2*8-7(9)6-4-2-1-3-5-6/h1-10,17-18H;2*1-5H,(H,8,9). The molecule has 0 heterocycles. The summed E-state index contributed by atoms with van der Waals surface area (Å²) in [4.78, 5) is 20.4. The summed E-state index contributed by atoms with van der Waals surface area (Å²) in [5.41, 5.74) is 2.47. The monoisotopic (exact) mass is 484 g/mol. The minimum atomic E-state index is -0.879. The molecule has 0 unspecified atom stereocenters. The van der Waals surface area contributed by atoms with E-state index in [0.29, 0.717) is 22.3 Å². The second kappa shape index (κ2) is 14.8. The predicted molar refractivity (Wildman–Crippen MR) is 136 cm³/mol. The average Bonchev–Trinajstić information content (AvgIpc) is 2.94. The van der Waals surface area contributed by atoms with Crippen LogP contribution in [0, 0.1) is 0 Å². The lowest BCUT2D eigenvalue weighted by Gasteiger charge is -2.06. The zero-order chi connectivity index (χ0) is 26.2. The van der Waals surface area contributed by atoms with Gasteiger partial charge in [0, 0.05) is 11.1 Å². The van der Waals surface area contributed by atoms with Crippen LogP contribution in [0.1, 0.15) is 31.8 Å². The normalized spacial score (nSPS) is 10.7. The smallest absolute Gasteiger partial charge is 0.335 e. The van der Waals surface area contributed by atoms with Crippen LogP contribution in [0.4, 0.5) is 0 Å². The van der Waals surface area contributed by atoms with Gasteiger partial charge in [-0.15, -0.1) is 0 Å². The largest absolute Gasteiger partial charge is 0.478 e. The lowest BCUT2D eigenvalue weighted by molar-refractivity contribution is 0.0686. The van der Waals surface area contributed by atoms with Gasteiger partial charge < -0.3 is 20.6 Å². The fraction of sp³-hybridized carbons (Fsp3) is 0. The molecule has 36 heavy (non-hydrogen) atoms. The minimum Gasteiger partial charge on any atom is -0.478 e. The third-order valence-corrected chi connectivity index (χ3v) is 4.56. The average molecular weight is 485 g/mol. The molecule has 8 heteroatoms. The molecule has 4 aromatic rings. The summed E-state index contributed by atoms with van der Waals surface area (Å²) in [6.45, 7) is 0. The van der Waals surface area contributed by atoms with Crippen LogP contribution in [-0.4, -0.2) is 44.0 Å². The van der Waals surface area contributed by atoms with Crippen LogP contribution in [0.15, 0.2) is 132 Å². The minimum absolute atomic E-state index is 0.226. The third kappa shape index (κ3) is 8.60. The number of hydrogen-bond donors (Lipinski definition) is 4. The van der Waals surface area contributed by atoms with Crippen molar-refractivity contribution in [3.05, 3.63) is 144 Å². The zero-order valence-corrected chi connectivity index (χ0v) is 19.0. The number of benzene rings is 4. The lowest BCUT2D eigenvalue weighted by atomic mass is 10.0. The maximum atomic E-state index is 10.2. The van der Waals surface area contributed by atoms with Crippen molar-refractivity contribution < 1.29 is 30.2 Å². The molecular weight excluding hydrogens is 460 g/mol. The van der Waals surface area contributed by atoms with Gasteiger partial charge >= 0.3 is 11.9 Å². The molecule has 4 N–H and O–H groups in total. The first-order valence-corrected chi connectivity index (χ1v) is 10.6. The van der Waals surface area contributed by atoms with E-state index < -0.39 is 11.9 Å². The van der Waals surface area contributed by atoms with Crippen LogP contribution in [0.3, 0.4) is 0 Å². The highest BCUT2D eigenvalue weighted by atomic mass is 16.4. The summed E-state index contributed by atoms with van der Waals surface area (Å²) in [5.74, 6) is -1.76. The third-order valence-electron chi connectivity index (χ3n) is 4.56. The lowest BCUT2D eigenvalue weighted by Crippen LogP contribution is -2.17. The van der Waals surface area contributed by atoms with Gasteiger partial charge in [-0.05, 0) is 24.3 Å². The highest BCUT2D eigenvalue weighted by Crippen LogP contribution is 2.09. The van der Waals surface area contributed by atoms with Crippen molar-refractivity contribution in [2.24, 2.45) is 10.3 Å². The molecule has 0 bridgehead atoms. The van der Waals surface area contributed by atoms with E-state index in [2.05, 4.69) is 10.3 Å². The number of carboxylic acid groups (broad SMARTS) is 2. The fourth-order valence-corrected chi connectivity index (χ4v) is 2.84. The molecule has 0 fully saturated rings. The Balaban J connectivity index is 0.000000212. The second-order valence-electron chi connectivity index (χ2n) is 6.97. The van der Waals surface area contributed by atoms with Gasteiger partial charge in [0.15, 0.2) is 0 Å². The highest BCUT2D eigenvalue weighted by molar-refractivity contribution is 6.53. The molecular formula is C28H24N2O6. The molecule has 0 amide bonds. The molecule has 0 saturated carbocycles. The van der Waals surface area contributed by atoms with Gasteiger partial charge in [-0.1, -0.05) is 107 Å². The Hall–Kier alpha value is -5.24. The van der Waals surface area contributed by atoms with Gasteiger partial charge in [0.25, 0.3) is 0 Å². The van der Waals surface area contributed by atoms with Crippen molar-refractivity contribution >= 4 is 23.4 Å². The van der Waals surface area contributed by atoms with Crippen molar-refractivity contribution in [3.8, 4) is 0 Å². The molecule has 4 aromatic carbocycles. The molecule has 0 atom stereocenters. The Morgan fingerprint density at radius 2 is 0.639 bits per heavy atom. The summed E-state index contributed by atoms with van der Waals surface area (Å²) in [6.07, 6.45) is 0. The van der Waals surface area contributed by atoms with Gasteiger partial charge in [0.05, 0.1) is 11.1 Å². The summed E-state index contributed by atoms with van der Waals surface area (Å²) >= 11 is 0. The van der Waals surface area contributed by atoms with Crippen LogP contribution in [-0.2, 0) is 0 Å². The topological polar surface area (TPSA) is 140 Å². The van der Waals surface area contributed by atoms with E-state index in [0.717, 1.165) is 0 Å². The molecule has 4 rings (SSSR count). The Labute approximate surface area is 207 Å². The van der Waals surface area contributed by atoms with Crippen molar-refractivity contribution in [1.82, 2.24) is 0 Å². The molecule has 0 saturated heterocycles. The van der Waals surface area contributed by atoms with Gasteiger partial charge in [0.1, 0.15) is 11.4 Å². The molecule has 0 aromatic heterocycles. The van der Waals surface area contributed by atoms with Gasteiger partial charge in [-0.25, -0.2) is 9.59 Å². The number of aromatic carboxylic acids is 2. The zero-order valence-electron chi connectivity index (χ0n) is 19.0. The SMILES string of the molecule is O=C(O)c1ccccc1.O=C(O)c1ccccc1.ON=C(C(=NO)c1ccccc1)c1ccccc1. The van der Waals surface area contributed by atoms with Crippen LogP contribution in [0.2, 0.25) is 0 Å². The van der Waals surface area contributed by atoms with Gasteiger partial charge in [-0.2, -0.15) is 0 Å². The summed E-state index contributed by atoms with van der Waals surface area (Å²) in [7, 11) is 0. The fourth-order valence-electron chi connectivity index (χ4n) is 2.84. The van der Waals surface area contributed by atoms with E-state index in [1.807, 2.05) is 36.4 Å². The van der Waals surface area contributed by atoms with E-state index in [9.17, 15) is 9.59 Å². The van der Waals surface area contributed by atoms with Crippen molar-refractivity contribution in [1.29, 1.82) is 0 Å². The van der Waals surface area contributed by atoms with E-state index in [1.54, 1.807) is 84.9 Å². The van der Waals surface area contributed by atoms with Crippen LogP contribution >= 0.6 is 0 Å². The first-order chi connectivity index (χ1) is 17.5.